The van der Waals surface area contributed by atoms with Gasteiger partial charge in [0.1, 0.15) is 22.9 Å². The normalized spacial score (nSPS) is 10.2. The number of hydrogen-bond donors (Lipinski definition) is 1. The average molecular weight is 343 g/mol. The SMILES string of the molecule is CCCCN(C)c1ccc(NC(=O)c2c(OC)cccc2OC)cn1. The highest BCUT2D eigenvalue weighted by Gasteiger charge is 2.18. The van der Waals surface area contributed by atoms with E-state index in [2.05, 4.69) is 22.1 Å². The van der Waals surface area contributed by atoms with Crippen molar-refractivity contribution < 1.29 is 14.3 Å². The molecule has 0 radical (unpaired) electrons. The van der Waals surface area contributed by atoms with Crippen molar-refractivity contribution in [1.29, 1.82) is 0 Å². The van der Waals surface area contributed by atoms with Gasteiger partial charge in [-0.25, -0.2) is 4.98 Å². The Labute approximate surface area is 148 Å². The Kier molecular flexibility index (Phi) is 6.62. The number of benzene rings is 1. The molecule has 0 aliphatic rings. The number of aromatic nitrogens is 1. The van der Waals surface area contributed by atoms with Crippen molar-refractivity contribution in [1.82, 2.24) is 4.98 Å². The van der Waals surface area contributed by atoms with E-state index in [4.69, 9.17) is 9.47 Å². The van der Waals surface area contributed by atoms with Crippen molar-refractivity contribution in [3.63, 3.8) is 0 Å². The molecule has 0 bridgehead atoms. The molecule has 1 amide bonds. The topological polar surface area (TPSA) is 63.7 Å². The first-order chi connectivity index (χ1) is 12.1. The van der Waals surface area contributed by atoms with E-state index in [0.717, 1.165) is 25.2 Å². The molecule has 25 heavy (non-hydrogen) atoms. The molecular weight excluding hydrogens is 318 g/mol. The first-order valence-electron chi connectivity index (χ1n) is 8.30. The fraction of sp³-hybridized carbons (Fsp3) is 0.368. The van der Waals surface area contributed by atoms with Gasteiger partial charge in [0.05, 0.1) is 26.1 Å². The summed E-state index contributed by atoms with van der Waals surface area (Å²) < 4.78 is 10.5. The maximum Gasteiger partial charge on any atom is 0.263 e. The Morgan fingerprint density at radius 2 is 1.84 bits per heavy atom. The van der Waals surface area contributed by atoms with Gasteiger partial charge in [-0.2, -0.15) is 0 Å². The number of pyridine rings is 1. The van der Waals surface area contributed by atoms with Crippen molar-refractivity contribution in [2.75, 3.05) is 38.0 Å². The van der Waals surface area contributed by atoms with Crippen LogP contribution in [0.15, 0.2) is 36.5 Å². The molecule has 2 aromatic rings. The number of carbonyl (C=O) groups is 1. The van der Waals surface area contributed by atoms with Crippen LogP contribution in [0.1, 0.15) is 30.1 Å². The van der Waals surface area contributed by atoms with Gasteiger partial charge in [-0.05, 0) is 30.7 Å². The Balaban J connectivity index is 2.14. The third-order valence-electron chi connectivity index (χ3n) is 3.90. The summed E-state index contributed by atoms with van der Waals surface area (Å²) in [5.74, 6) is 1.49. The number of nitrogens with one attached hydrogen (secondary N) is 1. The zero-order valence-corrected chi connectivity index (χ0v) is 15.2. The highest BCUT2D eigenvalue weighted by Crippen LogP contribution is 2.29. The summed E-state index contributed by atoms with van der Waals surface area (Å²) in [4.78, 5) is 19.1. The fourth-order valence-corrected chi connectivity index (χ4v) is 2.46. The Morgan fingerprint density at radius 1 is 1.16 bits per heavy atom. The van der Waals surface area contributed by atoms with E-state index in [1.54, 1.807) is 24.4 Å². The van der Waals surface area contributed by atoms with Crippen molar-refractivity contribution in [3.05, 3.63) is 42.1 Å². The Hall–Kier alpha value is -2.76. The summed E-state index contributed by atoms with van der Waals surface area (Å²) in [5.41, 5.74) is 0.974. The van der Waals surface area contributed by atoms with E-state index in [1.165, 1.54) is 14.2 Å². The summed E-state index contributed by atoms with van der Waals surface area (Å²) in [6, 6.07) is 8.95. The van der Waals surface area contributed by atoms with Gasteiger partial charge >= 0.3 is 0 Å². The second-order valence-corrected chi connectivity index (χ2v) is 5.67. The van der Waals surface area contributed by atoms with Crippen LogP contribution in [0.3, 0.4) is 0 Å². The lowest BCUT2D eigenvalue weighted by molar-refractivity contribution is 0.102. The van der Waals surface area contributed by atoms with Crippen LogP contribution in [0.5, 0.6) is 11.5 Å². The number of carbonyl (C=O) groups excluding carboxylic acids is 1. The summed E-state index contributed by atoms with van der Waals surface area (Å²) in [7, 11) is 5.05. The number of unbranched alkanes of at least 4 members (excludes halogenated alkanes) is 1. The third-order valence-corrected chi connectivity index (χ3v) is 3.90. The van der Waals surface area contributed by atoms with Crippen LogP contribution in [0, 0.1) is 0 Å². The Bertz CT molecular complexity index is 679. The number of ether oxygens (including phenoxy) is 2. The van der Waals surface area contributed by atoms with Crippen LogP contribution in [0.2, 0.25) is 0 Å². The lowest BCUT2D eigenvalue weighted by Gasteiger charge is -2.18. The average Bonchev–Trinajstić information content (AvgIpc) is 2.65. The number of nitrogens with zero attached hydrogens (tertiary/aromatic N) is 2. The van der Waals surface area contributed by atoms with Crippen molar-refractivity contribution >= 4 is 17.4 Å². The van der Waals surface area contributed by atoms with Gasteiger partial charge in [-0.3, -0.25) is 4.79 Å². The van der Waals surface area contributed by atoms with E-state index in [-0.39, 0.29) is 5.91 Å². The van der Waals surface area contributed by atoms with Gasteiger partial charge in [-0.15, -0.1) is 0 Å². The van der Waals surface area contributed by atoms with Gasteiger partial charge in [0, 0.05) is 13.6 Å². The molecular formula is C19H25N3O3. The molecule has 0 atom stereocenters. The number of rotatable bonds is 8. The van der Waals surface area contributed by atoms with Crippen molar-refractivity contribution in [3.8, 4) is 11.5 Å². The molecule has 2 rings (SSSR count). The molecule has 134 valence electrons. The van der Waals surface area contributed by atoms with E-state index in [0.29, 0.717) is 22.7 Å². The first-order valence-corrected chi connectivity index (χ1v) is 8.30. The van der Waals surface area contributed by atoms with E-state index in [1.807, 2.05) is 19.2 Å². The molecule has 0 saturated heterocycles. The minimum absolute atomic E-state index is 0.303. The fourth-order valence-electron chi connectivity index (χ4n) is 2.46. The molecule has 6 nitrogen and oxygen atoms in total. The lowest BCUT2D eigenvalue weighted by atomic mass is 10.1. The molecule has 0 spiro atoms. The molecule has 6 heteroatoms. The van der Waals surface area contributed by atoms with Gasteiger partial charge in [-0.1, -0.05) is 19.4 Å². The maximum atomic E-state index is 12.6. The van der Waals surface area contributed by atoms with Crippen LogP contribution in [0.25, 0.3) is 0 Å². The molecule has 0 unspecified atom stereocenters. The predicted molar refractivity (Wildman–Crippen MR) is 99.9 cm³/mol. The zero-order valence-electron chi connectivity index (χ0n) is 15.2. The van der Waals surface area contributed by atoms with Crippen LogP contribution < -0.4 is 19.7 Å². The van der Waals surface area contributed by atoms with Gasteiger partial charge in [0.15, 0.2) is 0 Å². The molecule has 1 N–H and O–H groups in total. The van der Waals surface area contributed by atoms with Gasteiger partial charge in [0.25, 0.3) is 5.91 Å². The largest absolute Gasteiger partial charge is 0.496 e. The minimum atomic E-state index is -0.303. The van der Waals surface area contributed by atoms with E-state index in [9.17, 15) is 4.79 Å². The molecule has 0 aliphatic carbocycles. The van der Waals surface area contributed by atoms with Gasteiger partial charge in [0.2, 0.25) is 0 Å². The summed E-state index contributed by atoms with van der Waals surface area (Å²) in [5, 5.41) is 2.84. The first kappa shape index (κ1) is 18.6. The predicted octanol–water partition coefficient (Wildman–Crippen LogP) is 3.59. The molecule has 1 aromatic carbocycles. The zero-order chi connectivity index (χ0) is 18.2. The molecule has 1 aromatic heterocycles. The summed E-state index contributed by atoms with van der Waals surface area (Å²) in [6.45, 7) is 3.11. The second-order valence-electron chi connectivity index (χ2n) is 5.67. The van der Waals surface area contributed by atoms with Crippen LogP contribution in [-0.2, 0) is 0 Å². The van der Waals surface area contributed by atoms with Crippen LogP contribution in [-0.4, -0.2) is 38.7 Å². The van der Waals surface area contributed by atoms with Gasteiger partial charge < -0.3 is 19.7 Å². The minimum Gasteiger partial charge on any atom is -0.496 e. The number of amides is 1. The van der Waals surface area contributed by atoms with E-state index >= 15 is 0 Å². The standard InChI is InChI=1S/C19H25N3O3/c1-5-6-12-22(2)17-11-10-14(13-20-17)21-19(23)18-15(24-3)8-7-9-16(18)25-4/h7-11,13H,5-6,12H2,1-4H3,(H,21,23). The van der Waals surface area contributed by atoms with Crippen molar-refractivity contribution in [2.24, 2.45) is 0 Å². The quantitative estimate of drug-likeness (QED) is 0.793. The molecule has 1 heterocycles. The highest BCUT2D eigenvalue weighted by atomic mass is 16.5. The molecule has 0 fully saturated rings. The number of anilines is 2. The van der Waals surface area contributed by atoms with Crippen LogP contribution in [0.4, 0.5) is 11.5 Å². The third kappa shape index (κ3) is 4.62. The highest BCUT2D eigenvalue weighted by molar-refractivity contribution is 6.08. The van der Waals surface area contributed by atoms with E-state index < -0.39 is 0 Å². The van der Waals surface area contributed by atoms with Crippen LogP contribution >= 0.6 is 0 Å². The van der Waals surface area contributed by atoms with Crippen molar-refractivity contribution in [2.45, 2.75) is 19.8 Å². The number of methoxy groups -OCH3 is 2. The molecule has 0 aliphatic heterocycles. The maximum absolute atomic E-state index is 12.6. The summed E-state index contributed by atoms with van der Waals surface area (Å²) >= 11 is 0. The Morgan fingerprint density at radius 3 is 2.36 bits per heavy atom. The lowest BCUT2D eigenvalue weighted by Crippen LogP contribution is -2.19. The second kappa shape index (κ2) is 8.92. The number of hydrogen-bond acceptors (Lipinski definition) is 5. The monoisotopic (exact) mass is 343 g/mol. The molecule has 0 saturated carbocycles. The summed E-state index contributed by atoms with van der Waals surface area (Å²) in [6.07, 6.45) is 3.90. The smallest absolute Gasteiger partial charge is 0.263 e.